The molecule has 0 spiro atoms. The molecule has 2 aromatic carbocycles. The third-order valence-electron chi connectivity index (χ3n) is 12.6. The van der Waals surface area contributed by atoms with Gasteiger partial charge >= 0.3 is 0 Å². The number of rotatable bonds is 17. The van der Waals surface area contributed by atoms with Crippen LogP contribution < -0.4 is 21.1 Å². The average molecular weight is 889 g/mol. The number of likely N-dealkylation sites (tertiary alicyclic amines) is 2. The summed E-state index contributed by atoms with van der Waals surface area (Å²) < 4.78 is 22.3. The number of ether oxygens (including phenoxy) is 1. The maximum atomic E-state index is 14.2. The van der Waals surface area contributed by atoms with Crippen molar-refractivity contribution in [3.05, 3.63) is 87.5 Å². The SMILES string of the molecule is CC(Oc1cc(-c2cnn(C3CCN(CCCCCCCN4CC(CNc5cccc6c5C(=O)N(C5CCC(=O)NC5=O)C6=O)C4)CC3)c2)cnc1N)c1c(Cl)ccc(F)c1Cl. The lowest BCUT2D eigenvalue weighted by Gasteiger charge is -2.39. The largest absolute Gasteiger partial charge is 0.482 e. The molecule has 0 bridgehead atoms. The van der Waals surface area contributed by atoms with Gasteiger partial charge in [-0.25, -0.2) is 9.37 Å². The predicted molar refractivity (Wildman–Crippen MR) is 235 cm³/mol. The molecule has 3 saturated heterocycles. The number of nitrogens with zero attached hydrogens (tertiary/aromatic N) is 6. The Hall–Kier alpha value is -5.09. The van der Waals surface area contributed by atoms with E-state index in [2.05, 4.69) is 30.1 Å². The predicted octanol–water partition coefficient (Wildman–Crippen LogP) is 7.15. The molecule has 0 aliphatic carbocycles. The maximum absolute atomic E-state index is 14.2. The molecule has 14 nitrogen and oxygen atoms in total. The Morgan fingerprint density at radius 3 is 2.44 bits per heavy atom. The van der Waals surface area contributed by atoms with Gasteiger partial charge in [0, 0.05) is 84.9 Å². The number of pyridine rings is 1. The van der Waals surface area contributed by atoms with Gasteiger partial charge in [0.15, 0.2) is 11.6 Å². The van der Waals surface area contributed by atoms with Crippen molar-refractivity contribution >= 4 is 58.3 Å². The molecular formula is C45H52Cl2FN9O5. The summed E-state index contributed by atoms with van der Waals surface area (Å²) in [5.74, 6) is -1.56. The van der Waals surface area contributed by atoms with E-state index in [1.807, 2.05) is 18.5 Å². The van der Waals surface area contributed by atoms with Crippen molar-refractivity contribution in [3.8, 4) is 16.9 Å². The zero-order valence-corrected chi connectivity index (χ0v) is 36.3. The summed E-state index contributed by atoms with van der Waals surface area (Å²) in [4.78, 5) is 60.9. The number of anilines is 2. The van der Waals surface area contributed by atoms with Crippen molar-refractivity contribution in [2.24, 2.45) is 5.92 Å². The Bertz CT molecular complexity index is 2330. The first-order valence-corrected chi connectivity index (χ1v) is 22.3. The van der Waals surface area contributed by atoms with E-state index in [1.54, 1.807) is 31.3 Å². The Balaban J connectivity index is 0.695. The highest BCUT2D eigenvalue weighted by Crippen LogP contribution is 2.38. The van der Waals surface area contributed by atoms with E-state index in [-0.39, 0.29) is 29.2 Å². The van der Waals surface area contributed by atoms with Gasteiger partial charge in [-0.05, 0) is 82.4 Å². The van der Waals surface area contributed by atoms with Gasteiger partial charge in [0.25, 0.3) is 11.8 Å². The van der Waals surface area contributed by atoms with Crippen molar-refractivity contribution in [1.29, 1.82) is 0 Å². The van der Waals surface area contributed by atoms with Crippen molar-refractivity contribution in [2.75, 3.05) is 56.9 Å². The monoisotopic (exact) mass is 887 g/mol. The number of nitrogen functional groups attached to an aromatic ring is 1. The minimum Gasteiger partial charge on any atom is -0.482 e. The number of fused-ring (bicyclic) bond motifs is 1. The number of benzene rings is 2. The summed E-state index contributed by atoms with van der Waals surface area (Å²) in [5, 5.41) is 10.6. The van der Waals surface area contributed by atoms with Gasteiger partial charge in [-0.3, -0.25) is 34.1 Å². The van der Waals surface area contributed by atoms with Crippen molar-refractivity contribution in [1.82, 2.24) is 34.8 Å². The van der Waals surface area contributed by atoms with E-state index in [9.17, 15) is 23.6 Å². The van der Waals surface area contributed by atoms with E-state index >= 15 is 0 Å². The Labute approximate surface area is 370 Å². The molecule has 62 heavy (non-hydrogen) atoms. The molecule has 4 aromatic rings. The number of carbonyl (C=O) groups is 4. The number of piperidine rings is 2. The number of nitrogens with one attached hydrogen (secondary N) is 2. The van der Waals surface area contributed by atoms with Gasteiger partial charge in [-0.15, -0.1) is 0 Å². The number of hydrogen-bond acceptors (Lipinski definition) is 11. The van der Waals surface area contributed by atoms with Crippen LogP contribution in [0.5, 0.6) is 5.75 Å². The second kappa shape index (κ2) is 19.1. The fourth-order valence-corrected chi connectivity index (χ4v) is 9.75. The number of halogens is 3. The molecule has 4 aliphatic rings. The number of nitrogens with two attached hydrogens (primary N) is 1. The average Bonchev–Trinajstić information content (AvgIpc) is 3.83. The molecule has 2 aromatic heterocycles. The van der Waals surface area contributed by atoms with Gasteiger partial charge in [0.1, 0.15) is 18.0 Å². The second-order valence-corrected chi connectivity index (χ2v) is 17.6. The van der Waals surface area contributed by atoms with E-state index in [1.165, 1.54) is 44.2 Å². The smallest absolute Gasteiger partial charge is 0.264 e. The van der Waals surface area contributed by atoms with E-state index in [4.69, 9.17) is 38.8 Å². The van der Waals surface area contributed by atoms with Crippen LogP contribution in [0.25, 0.3) is 11.1 Å². The zero-order valence-electron chi connectivity index (χ0n) is 34.8. The Morgan fingerprint density at radius 1 is 0.935 bits per heavy atom. The number of carbonyl (C=O) groups excluding carboxylic acids is 4. The van der Waals surface area contributed by atoms with E-state index < -0.39 is 41.6 Å². The fraction of sp³-hybridized carbons (Fsp3) is 0.467. The van der Waals surface area contributed by atoms with Crippen molar-refractivity contribution in [2.45, 2.75) is 82.9 Å². The molecule has 0 radical (unpaired) electrons. The molecular weight excluding hydrogens is 836 g/mol. The molecule has 8 rings (SSSR count). The van der Waals surface area contributed by atoms with Crippen molar-refractivity contribution < 1.29 is 28.3 Å². The summed E-state index contributed by atoms with van der Waals surface area (Å²) in [6.45, 7) is 8.68. The highest BCUT2D eigenvalue weighted by molar-refractivity contribution is 6.36. The molecule has 17 heteroatoms. The van der Waals surface area contributed by atoms with Crippen LogP contribution in [0.15, 0.2) is 55.0 Å². The molecule has 0 saturated carbocycles. The van der Waals surface area contributed by atoms with Gasteiger partial charge < -0.3 is 25.6 Å². The standard InChI is InChI=1S/C45H52Cl2FN9O5/c1-27(39-33(46)10-11-34(48)41(39)47)62-37-20-29(22-51-42(37)49)30-23-52-56(26-30)31-14-18-54(19-15-31)16-5-3-2-4-6-17-55-24-28(25-55)21-50-35-9-7-8-32-40(35)45(61)57(44(32)60)36-12-13-38(58)53-43(36)59/h7-11,20,22-23,26-28,31,36,50H,2-6,12-19,21,24-25H2,1H3,(H2,49,51)(H,53,58,59). The summed E-state index contributed by atoms with van der Waals surface area (Å²) in [6.07, 6.45) is 13.2. The lowest BCUT2D eigenvalue weighted by atomic mass is 9.98. The molecule has 2 unspecified atom stereocenters. The minimum absolute atomic E-state index is 0.0851. The Morgan fingerprint density at radius 2 is 1.68 bits per heavy atom. The third kappa shape index (κ3) is 9.46. The maximum Gasteiger partial charge on any atom is 0.264 e. The van der Waals surface area contributed by atoms with Gasteiger partial charge in [-0.1, -0.05) is 48.5 Å². The third-order valence-corrected chi connectivity index (χ3v) is 13.3. The first-order chi connectivity index (χ1) is 29.9. The quantitative estimate of drug-likeness (QED) is 0.0560. The normalized spacial score (nSPS) is 19.4. The van der Waals surface area contributed by atoms with Crippen LogP contribution in [0.4, 0.5) is 15.9 Å². The van der Waals surface area contributed by atoms with Gasteiger partial charge in [-0.2, -0.15) is 5.10 Å². The number of aromatic nitrogens is 3. The summed E-state index contributed by atoms with van der Waals surface area (Å²) >= 11 is 12.5. The van der Waals surface area contributed by atoms with Crippen LogP contribution in [0.1, 0.15) is 103 Å². The topological polar surface area (TPSA) is 168 Å². The summed E-state index contributed by atoms with van der Waals surface area (Å²) in [6, 6.07) is 8.99. The van der Waals surface area contributed by atoms with Crippen LogP contribution in [0.3, 0.4) is 0 Å². The molecule has 6 heterocycles. The number of imide groups is 2. The van der Waals surface area contributed by atoms with Gasteiger partial charge in [0.2, 0.25) is 11.8 Å². The number of amides is 4. The van der Waals surface area contributed by atoms with Crippen LogP contribution in [-0.2, 0) is 9.59 Å². The number of hydrogen-bond donors (Lipinski definition) is 3. The fourth-order valence-electron chi connectivity index (χ4n) is 9.07. The van der Waals surface area contributed by atoms with Crippen LogP contribution in [0, 0.1) is 11.7 Å². The van der Waals surface area contributed by atoms with Crippen LogP contribution in [-0.4, -0.2) is 105 Å². The first-order valence-electron chi connectivity index (χ1n) is 21.6. The number of unbranched alkanes of at least 4 members (excludes halogenated alkanes) is 4. The van der Waals surface area contributed by atoms with E-state index in [0.29, 0.717) is 46.1 Å². The molecule has 328 valence electrons. The Kier molecular flexibility index (Phi) is 13.4. The molecule has 4 aliphatic heterocycles. The minimum atomic E-state index is -0.976. The highest BCUT2D eigenvalue weighted by atomic mass is 35.5. The summed E-state index contributed by atoms with van der Waals surface area (Å²) in [5.41, 5.74) is 9.40. The molecule has 2 atom stereocenters. The van der Waals surface area contributed by atoms with Crippen LogP contribution in [0.2, 0.25) is 10.0 Å². The molecule has 3 fully saturated rings. The molecule has 4 amide bonds. The molecule has 4 N–H and O–H groups in total. The highest BCUT2D eigenvalue weighted by Gasteiger charge is 2.45. The lowest BCUT2D eigenvalue weighted by molar-refractivity contribution is -0.136. The second-order valence-electron chi connectivity index (χ2n) is 16.9. The summed E-state index contributed by atoms with van der Waals surface area (Å²) in [7, 11) is 0. The first kappa shape index (κ1) is 43.6. The zero-order chi connectivity index (χ0) is 43.5. The van der Waals surface area contributed by atoms with E-state index in [0.717, 1.165) is 68.1 Å². The lowest BCUT2D eigenvalue weighted by Crippen LogP contribution is -2.54. The van der Waals surface area contributed by atoms with Crippen LogP contribution >= 0.6 is 23.2 Å². The van der Waals surface area contributed by atoms with Gasteiger partial charge in [0.05, 0.1) is 28.4 Å². The van der Waals surface area contributed by atoms with Crippen molar-refractivity contribution in [3.63, 3.8) is 0 Å².